The Kier molecular flexibility index (Phi) is 8.28. The monoisotopic (exact) mass is 543 g/mol. The first-order valence-corrected chi connectivity index (χ1v) is 13.6. The number of amides is 1. The molecular weight excluding hydrogens is 506 g/mol. The zero-order chi connectivity index (χ0) is 28.2. The van der Waals surface area contributed by atoms with Crippen LogP contribution in [0.2, 0.25) is 0 Å². The number of nitrogens with zero attached hydrogens (tertiary/aromatic N) is 1. The van der Waals surface area contributed by atoms with E-state index in [0.717, 1.165) is 58.1 Å². The van der Waals surface area contributed by atoms with E-state index in [2.05, 4.69) is 10.3 Å². The third-order valence-corrected chi connectivity index (χ3v) is 7.51. The van der Waals surface area contributed by atoms with Crippen LogP contribution in [0, 0.1) is 0 Å². The Hall–Kier alpha value is -4.01. The summed E-state index contributed by atoms with van der Waals surface area (Å²) in [5, 5.41) is 14.3. The number of carbonyl (C=O) groups is 1. The average molecular weight is 544 g/mol. The van der Waals surface area contributed by atoms with Gasteiger partial charge in [0.2, 0.25) is 0 Å². The number of aryl methyl sites for hydroxylation is 2. The molecular formula is C32H37N3O5. The van der Waals surface area contributed by atoms with E-state index in [1.54, 1.807) is 14.2 Å². The first kappa shape index (κ1) is 27.6. The predicted molar refractivity (Wildman–Crippen MR) is 157 cm³/mol. The number of aliphatic hydroxyl groups excluding tert-OH is 1. The lowest BCUT2D eigenvalue weighted by molar-refractivity contribution is 0.0912. The molecule has 1 unspecified atom stereocenters. The highest BCUT2D eigenvalue weighted by molar-refractivity contribution is 5.99. The summed E-state index contributed by atoms with van der Waals surface area (Å²) < 4.78 is 17.3. The lowest BCUT2D eigenvalue weighted by atomic mass is 9.84. The van der Waals surface area contributed by atoms with Crippen LogP contribution in [-0.4, -0.2) is 75.0 Å². The summed E-state index contributed by atoms with van der Waals surface area (Å²) in [5.74, 6) is 1.60. The van der Waals surface area contributed by atoms with Crippen LogP contribution in [0.4, 0.5) is 0 Å². The van der Waals surface area contributed by atoms with Gasteiger partial charge in [0.15, 0.2) is 11.5 Å². The lowest BCUT2D eigenvalue weighted by Crippen LogP contribution is -2.39. The molecule has 0 bridgehead atoms. The molecule has 40 heavy (non-hydrogen) atoms. The van der Waals surface area contributed by atoms with Crippen LogP contribution < -0.4 is 19.5 Å². The molecule has 3 aromatic carbocycles. The molecule has 8 heteroatoms. The Morgan fingerprint density at radius 1 is 1.00 bits per heavy atom. The van der Waals surface area contributed by atoms with Gasteiger partial charge in [-0.05, 0) is 91.5 Å². The number of hydrogen-bond acceptors (Lipinski definition) is 6. The molecule has 0 radical (unpaired) electrons. The SMILES string of the molecule is COc1cc2c(cc1OC)-c1cc(C(=O)NC(CO)Cc3c[nH]c4ccccc34)c(OCCN(C)C)cc1CC2. The first-order chi connectivity index (χ1) is 19.4. The van der Waals surface area contributed by atoms with Crippen molar-refractivity contribution in [2.45, 2.75) is 25.3 Å². The van der Waals surface area contributed by atoms with Crippen molar-refractivity contribution in [3.63, 3.8) is 0 Å². The van der Waals surface area contributed by atoms with Crippen LogP contribution in [-0.2, 0) is 19.3 Å². The van der Waals surface area contributed by atoms with E-state index in [0.29, 0.717) is 35.8 Å². The zero-order valence-electron chi connectivity index (χ0n) is 23.5. The molecule has 5 rings (SSSR count). The Balaban J connectivity index is 1.48. The van der Waals surface area contributed by atoms with Crippen LogP contribution >= 0.6 is 0 Å². The fourth-order valence-electron chi connectivity index (χ4n) is 5.35. The predicted octanol–water partition coefficient (Wildman–Crippen LogP) is 4.22. The molecule has 210 valence electrons. The molecule has 1 aromatic heterocycles. The van der Waals surface area contributed by atoms with Crippen molar-refractivity contribution in [1.29, 1.82) is 0 Å². The summed E-state index contributed by atoms with van der Waals surface area (Å²) in [6, 6.07) is 15.5. The number of nitrogens with one attached hydrogen (secondary N) is 2. The van der Waals surface area contributed by atoms with Gasteiger partial charge in [-0.2, -0.15) is 0 Å². The fourth-order valence-corrected chi connectivity index (χ4v) is 5.35. The van der Waals surface area contributed by atoms with E-state index in [-0.39, 0.29) is 12.5 Å². The number of hydrogen-bond donors (Lipinski definition) is 3. The molecule has 0 fully saturated rings. The Labute approximate surface area is 234 Å². The molecule has 0 aliphatic heterocycles. The molecule has 1 aliphatic rings. The summed E-state index contributed by atoms with van der Waals surface area (Å²) in [4.78, 5) is 19.1. The van der Waals surface area contributed by atoms with E-state index < -0.39 is 6.04 Å². The molecule has 1 atom stereocenters. The number of para-hydroxylation sites is 1. The van der Waals surface area contributed by atoms with Crippen LogP contribution in [0.3, 0.4) is 0 Å². The molecule has 0 spiro atoms. The highest BCUT2D eigenvalue weighted by Gasteiger charge is 2.25. The van der Waals surface area contributed by atoms with Gasteiger partial charge < -0.3 is 34.5 Å². The molecule has 1 aliphatic carbocycles. The summed E-state index contributed by atoms with van der Waals surface area (Å²) in [6.07, 6.45) is 4.10. The largest absolute Gasteiger partial charge is 0.493 e. The number of H-pyrrole nitrogens is 1. The number of methoxy groups -OCH3 is 2. The number of benzene rings is 3. The van der Waals surface area contributed by atoms with Crippen molar-refractivity contribution in [2.24, 2.45) is 0 Å². The van der Waals surface area contributed by atoms with Crippen LogP contribution in [0.25, 0.3) is 22.0 Å². The molecule has 0 saturated heterocycles. The normalized spacial score (nSPS) is 13.1. The highest BCUT2D eigenvalue weighted by atomic mass is 16.5. The third-order valence-electron chi connectivity index (χ3n) is 7.51. The number of rotatable bonds is 11. The fraction of sp³-hybridized carbons (Fsp3) is 0.344. The van der Waals surface area contributed by atoms with Crippen LogP contribution in [0.1, 0.15) is 27.0 Å². The van der Waals surface area contributed by atoms with Crippen molar-refractivity contribution >= 4 is 16.8 Å². The second-order valence-corrected chi connectivity index (χ2v) is 10.4. The molecule has 1 heterocycles. The number of likely N-dealkylation sites (N-methyl/N-ethyl adjacent to an activating group) is 1. The van der Waals surface area contributed by atoms with E-state index in [1.165, 1.54) is 0 Å². The molecule has 1 amide bonds. The van der Waals surface area contributed by atoms with Gasteiger partial charge in [0.1, 0.15) is 12.4 Å². The van der Waals surface area contributed by atoms with Crippen molar-refractivity contribution < 1.29 is 24.1 Å². The van der Waals surface area contributed by atoms with Crippen LogP contribution in [0.15, 0.2) is 54.7 Å². The third kappa shape index (κ3) is 5.64. The quantitative estimate of drug-likeness (QED) is 0.262. The molecule has 4 aromatic rings. The Morgan fingerprint density at radius 2 is 1.68 bits per heavy atom. The maximum atomic E-state index is 13.8. The summed E-state index contributed by atoms with van der Waals surface area (Å²) in [6.45, 7) is 0.983. The van der Waals surface area contributed by atoms with Gasteiger partial charge in [-0.25, -0.2) is 0 Å². The van der Waals surface area contributed by atoms with Crippen molar-refractivity contribution in [3.8, 4) is 28.4 Å². The van der Waals surface area contributed by atoms with E-state index in [4.69, 9.17) is 14.2 Å². The summed E-state index contributed by atoms with van der Waals surface area (Å²) in [5.41, 5.74) is 6.77. The maximum absolute atomic E-state index is 13.8. The topological polar surface area (TPSA) is 96.1 Å². The van der Waals surface area contributed by atoms with E-state index in [9.17, 15) is 9.90 Å². The number of aliphatic hydroxyl groups is 1. The maximum Gasteiger partial charge on any atom is 0.255 e. The minimum atomic E-state index is -0.464. The van der Waals surface area contributed by atoms with Crippen molar-refractivity contribution in [2.75, 3.05) is 48.1 Å². The summed E-state index contributed by atoms with van der Waals surface area (Å²) in [7, 11) is 7.23. The number of aromatic nitrogens is 1. The summed E-state index contributed by atoms with van der Waals surface area (Å²) >= 11 is 0. The second-order valence-electron chi connectivity index (χ2n) is 10.4. The minimum Gasteiger partial charge on any atom is -0.493 e. The first-order valence-electron chi connectivity index (χ1n) is 13.6. The van der Waals surface area contributed by atoms with Crippen LogP contribution in [0.5, 0.6) is 17.2 Å². The van der Waals surface area contributed by atoms with Gasteiger partial charge in [0, 0.05) is 23.6 Å². The van der Waals surface area contributed by atoms with Gasteiger partial charge in [-0.15, -0.1) is 0 Å². The minimum absolute atomic E-state index is 0.188. The molecule has 8 nitrogen and oxygen atoms in total. The lowest BCUT2D eigenvalue weighted by Gasteiger charge is -2.25. The van der Waals surface area contributed by atoms with Gasteiger partial charge in [0.05, 0.1) is 32.4 Å². The van der Waals surface area contributed by atoms with Crippen molar-refractivity contribution in [1.82, 2.24) is 15.2 Å². The van der Waals surface area contributed by atoms with Gasteiger partial charge in [-0.3, -0.25) is 4.79 Å². The van der Waals surface area contributed by atoms with Gasteiger partial charge in [-0.1, -0.05) is 18.2 Å². The Morgan fingerprint density at radius 3 is 2.38 bits per heavy atom. The number of ether oxygens (including phenoxy) is 3. The van der Waals surface area contributed by atoms with E-state index >= 15 is 0 Å². The number of fused-ring (bicyclic) bond motifs is 4. The second kappa shape index (κ2) is 12.0. The van der Waals surface area contributed by atoms with Gasteiger partial charge >= 0.3 is 0 Å². The average Bonchev–Trinajstić information content (AvgIpc) is 3.37. The van der Waals surface area contributed by atoms with E-state index in [1.807, 2.05) is 73.7 Å². The molecule has 3 N–H and O–H groups in total. The number of carbonyl (C=O) groups excluding carboxylic acids is 1. The standard InChI is InChI=1S/C32H37N3O5/c1-35(2)11-12-40-29-14-20-9-10-21-15-30(38-3)31(39-4)17-26(21)25(20)16-27(29)32(37)34-23(19-36)13-22-18-33-28-8-6-5-7-24(22)28/h5-8,14-18,23,33,36H,9-13,19H2,1-4H3,(H,34,37). The highest BCUT2D eigenvalue weighted by Crippen LogP contribution is 2.42. The zero-order valence-corrected chi connectivity index (χ0v) is 23.5. The van der Waals surface area contributed by atoms with Crippen molar-refractivity contribution in [3.05, 3.63) is 77.0 Å². The molecule has 0 saturated carbocycles. The Bertz CT molecular complexity index is 1510. The number of aromatic amines is 1. The smallest absolute Gasteiger partial charge is 0.255 e. The van der Waals surface area contributed by atoms with Gasteiger partial charge in [0.25, 0.3) is 5.91 Å².